The lowest BCUT2D eigenvalue weighted by atomic mass is 10.1. The summed E-state index contributed by atoms with van der Waals surface area (Å²) in [4.78, 5) is 4.56. The number of oxazole rings is 1. The van der Waals surface area contributed by atoms with Crippen LogP contribution in [-0.4, -0.2) is 4.98 Å². The van der Waals surface area contributed by atoms with Crippen molar-refractivity contribution < 1.29 is 4.42 Å². The molecule has 18 heavy (non-hydrogen) atoms. The first-order valence-corrected chi connectivity index (χ1v) is 6.56. The molecule has 0 amide bonds. The third-order valence-electron chi connectivity index (χ3n) is 2.89. The molecule has 3 rings (SSSR count). The fraction of sp³-hybridized carbons (Fsp3) is 0.133. The Bertz CT molecular complexity index is 730. The summed E-state index contributed by atoms with van der Waals surface area (Å²) < 4.78 is 6.89. The van der Waals surface area contributed by atoms with Gasteiger partial charge in [-0.05, 0) is 49.2 Å². The minimum absolute atomic E-state index is 0.667. The molecule has 1 aromatic heterocycles. The SMILES string of the molecule is Cc1cc(C)c2oc(-c3cccc(Br)c3)nc2c1. The number of nitrogens with zero attached hydrogens (tertiary/aromatic N) is 1. The van der Waals surface area contributed by atoms with E-state index in [1.54, 1.807) is 0 Å². The molecule has 0 spiro atoms. The molecule has 0 radical (unpaired) electrons. The average Bonchev–Trinajstić information content (AvgIpc) is 2.73. The summed E-state index contributed by atoms with van der Waals surface area (Å²) in [5, 5.41) is 0. The highest BCUT2D eigenvalue weighted by Crippen LogP contribution is 2.28. The van der Waals surface area contributed by atoms with Crippen LogP contribution < -0.4 is 0 Å². The van der Waals surface area contributed by atoms with Crippen LogP contribution in [0.1, 0.15) is 11.1 Å². The molecule has 0 saturated carbocycles. The zero-order valence-electron chi connectivity index (χ0n) is 10.2. The van der Waals surface area contributed by atoms with Crippen LogP contribution in [0.4, 0.5) is 0 Å². The van der Waals surface area contributed by atoms with Crippen molar-refractivity contribution in [3.8, 4) is 11.5 Å². The van der Waals surface area contributed by atoms with Gasteiger partial charge in [-0.3, -0.25) is 0 Å². The Morgan fingerprint density at radius 1 is 1.11 bits per heavy atom. The molecule has 0 N–H and O–H groups in total. The van der Waals surface area contributed by atoms with Crippen LogP contribution in [0, 0.1) is 13.8 Å². The predicted molar refractivity (Wildman–Crippen MR) is 76.6 cm³/mol. The quantitative estimate of drug-likeness (QED) is 0.640. The second-order valence-electron chi connectivity index (χ2n) is 4.46. The van der Waals surface area contributed by atoms with Crippen molar-refractivity contribution in [3.05, 3.63) is 52.0 Å². The number of aromatic nitrogens is 1. The zero-order valence-corrected chi connectivity index (χ0v) is 11.8. The van der Waals surface area contributed by atoms with Crippen LogP contribution in [0.2, 0.25) is 0 Å². The van der Waals surface area contributed by atoms with Gasteiger partial charge in [-0.2, -0.15) is 0 Å². The maximum atomic E-state index is 5.86. The van der Waals surface area contributed by atoms with Gasteiger partial charge in [-0.15, -0.1) is 0 Å². The molecule has 0 aliphatic carbocycles. The number of aryl methyl sites for hydroxylation is 2. The molecule has 3 heteroatoms. The van der Waals surface area contributed by atoms with Crippen LogP contribution in [0.3, 0.4) is 0 Å². The van der Waals surface area contributed by atoms with Gasteiger partial charge in [-0.1, -0.05) is 28.1 Å². The van der Waals surface area contributed by atoms with Crippen molar-refractivity contribution >= 4 is 27.0 Å². The van der Waals surface area contributed by atoms with Crippen LogP contribution in [0.25, 0.3) is 22.6 Å². The maximum absolute atomic E-state index is 5.86. The largest absolute Gasteiger partial charge is 0.436 e. The number of benzene rings is 2. The van der Waals surface area contributed by atoms with Crippen LogP contribution in [0.5, 0.6) is 0 Å². The highest BCUT2D eigenvalue weighted by Gasteiger charge is 2.10. The molecule has 0 aliphatic rings. The topological polar surface area (TPSA) is 26.0 Å². The van der Waals surface area contributed by atoms with Gasteiger partial charge in [0, 0.05) is 10.0 Å². The first-order chi connectivity index (χ1) is 8.63. The Hall–Kier alpha value is -1.61. The molecule has 0 bridgehead atoms. The van der Waals surface area contributed by atoms with E-state index in [1.807, 2.05) is 37.3 Å². The van der Waals surface area contributed by atoms with E-state index < -0.39 is 0 Å². The van der Waals surface area contributed by atoms with Crippen molar-refractivity contribution in [1.29, 1.82) is 0 Å². The minimum atomic E-state index is 0.667. The molecule has 3 aromatic rings. The number of fused-ring (bicyclic) bond motifs is 1. The predicted octanol–water partition coefficient (Wildman–Crippen LogP) is 4.87. The van der Waals surface area contributed by atoms with E-state index in [0.717, 1.165) is 26.7 Å². The van der Waals surface area contributed by atoms with E-state index in [2.05, 4.69) is 33.9 Å². The summed E-state index contributed by atoms with van der Waals surface area (Å²) in [7, 11) is 0. The molecule has 1 heterocycles. The van der Waals surface area contributed by atoms with Gasteiger partial charge in [0.2, 0.25) is 5.89 Å². The Kier molecular flexibility index (Phi) is 2.71. The van der Waals surface area contributed by atoms with Gasteiger partial charge >= 0.3 is 0 Å². The Balaban J connectivity index is 2.22. The Morgan fingerprint density at radius 3 is 2.72 bits per heavy atom. The lowest BCUT2D eigenvalue weighted by Crippen LogP contribution is -1.78. The van der Waals surface area contributed by atoms with E-state index in [4.69, 9.17) is 4.42 Å². The molecule has 0 atom stereocenters. The van der Waals surface area contributed by atoms with E-state index in [-0.39, 0.29) is 0 Å². The van der Waals surface area contributed by atoms with Gasteiger partial charge in [0.1, 0.15) is 5.52 Å². The average molecular weight is 302 g/mol. The van der Waals surface area contributed by atoms with E-state index in [1.165, 1.54) is 5.56 Å². The number of halogens is 1. The fourth-order valence-electron chi connectivity index (χ4n) is 2.12. The lowest BCUT2D eigenvalue weighted by molar-refractivity contribution is 0.617. The molecule has 0 saturated heterocycles. The summed E-state index contributed by atoms with van der Waals surface area (Å²) in [5.74, 6) is 0.667. The minimum Gasteiger partial charge on any atom is -0.436 e. The smallest absolute Gasteiger partial charge is 0.227 e. The highest BCUT2D eigenvalue weighted by atomic mass is 79.9. The molecular weight excluding hydrogens is 290 g/mol. The summed E-state index contributed by atoms with van der Waals surface area (Å²) in [5.41, 5.74) is 5.10. The van der Waals surface area contributed by atoms with Gasteiger partial charge in [0.15, 0.2) is 5.58 Å². The third-order valence-corrected chi connectivity index (χ3v) is 3.38. The normalized spacial score (nSPS) is 11.1. The van der Waals surface area contributed by atoms with Crippen molar-refractivity contribution in [2.45, 2.75) is 13.8 Å². The standard InChI is InChI=1S/C15H12BrNO/c1-9-6-10(2)14-13(7-9)17-15(18-14)11-4-3-5-12(16)8-11/h3-8H,1-2H3. The molecule has 0 aliphatic heterocycles. The van der Waals surface area contributed by atoms with Crippen LogP contribution in [-0.2, 0) is 0 Å². The van der Waals surface area contributed by atoms with Crippen molar-refractivity contribution in [2.24, 2.45) is 0 Å². The second kappa shape index (κ2) is 4.25. The van der Waals surface area contributed by atoms with E-state index >= 15 is 0 Å². The summed E-state index contributed by atoms with van der Waals surface area (Å²) in [6, 6.07) is 12.1. The van der Waals surface area contributed by atoms with Gasteiger partial charge in [-0.25, -0.2) is 4.98 Å². The van der Waals surface area contributed by atoms with Crippen LogP contribution in [0.15, 0.2) is 45.3 Å². The monoisotopic (exact) mass is 301 g/mol. The first-order valence-electron chi connectivity index (χ1n) is 5.77. The number of hydrogen-bond donors (Lipinski definition) is 0. The molecular formula is C15H12BrNO. The maximum Gasteiger partial charge on any atom is 0.227 e. The van der Waals surface area contributed by atoms with Crippen molar-refractivity contribution in [2.75, 3.05) is 0 Å². The molecule has 0 fully saturated rings. The van der Waals surface area contributed by atoms with Gasteiger partial charge in [0.05, 0.1) is 0 Å². The number of hydrogen-bond acceptors (Lipinski definition) is 2. The highest BCUT2D eigenvalue weighted by molar-refractivity contribution is 9.10. The summed E-state index contributed by atoms with van der Waals surface area (Å²) in [6.07, 6.45) is 0. The fourth-order valence-corrected chi connectivity index (χ4v) is 2.52. The Morgan fingerprint density at radius 2 is 1.94 bits per heavy atom. The molecule has 0 unspecified atom stereocenters. The van der Waals surface area contributed by atoms with Crippen LogP contribution >= 0.6 is 15.9 Å². The molecule has 2 nitrogen and oxygen atoms in total. The summed E-state index contributed by atoms with van der Waals surface area (Å²) in [6.45, 7) is 4.12. The molecule has 2 aromatic carbocycles. The first kappa shape index (κ1) is 11.5. The van der Waals surface area contributed by atoms with Crippen molar-refractivity contribution in [3.63, 3.8) is 0 Å². The van der Waals surface area contributed by atoms with E-state index in [9.17, 15) is 0 Å². The number of rotatable bonds is 1. The second-order valence-corrected chi connectivity index (χ2v) is 5.38. The van der Waals surface area contributed by atoms with E-state index in [0.29, 0.717) is 5.89 Å². The van der Waals surface area contributed by atoms with Gasteiger partial charge < -0.3 is 4.42 Å². The third kappa shape index (κ3) is 1.95. The lowest BCUT2D eigenvalue weighted by Gasteiger charge is -1.96. The van der Waals surface area contributed by atoms with Crippen molar-refractivity contribution in [1.82, 2.24) is 4.98 Å². The Labute approximate surface area is 114 Å². The molecule has 90 valence electrons. The zero-order chi connectivity index (χ0) is 12.7. The van der Waals surface area contributed by atoms with Gasteiger partial charge in [0.25, 0.3) is 0 Å². The summed E-state index contributed by atoms with van der Waals surface area (Å²) >= 11 is 3.46.